The summed E-state index contributed by atoms with van der Waals surface area (Å²) in [5.74, 6) is 1.66. The van der Waals surface area contributed by atoms with Crippen molar-refractivity contribution in [2.45, 2.75) is 6.54 Å². The normalized spacial score (nSPS) is 10.6. The summed E-state index contributed by atoms with van der Waals surface area (Å²) in [5.41, 5.74) is 1.88. The van der Waals surface area contributed by atoms with Crippen molar-refractivity contribution >= 4 is 16.7 Å². The fraction of sp³-hybridized carbons (Fsp3) is 0.125. The number of hydrogen-bond acceptors (Lipinski definition) is 3. The van der Waals surface area contributed by atoms with Gasteiger partial charge in [0.25, 0.3) is 0 Å². The average molecular weight is 253 g/mol. The zero-order valence-electron chi connectivity index (χ0n) is 10.7. The zero-order chi connectivity index (χ0) is 13.1. The summed E-state index contributed by atoms with van der Waals surface area (Å²) < 4.78 is 11.1. The fourth-order valence-corrected chi connectivity index (χ4v) is 2.08. The van der Waals surface area contributed by atoms with Gasteiger partial charge in [-0.2, -0.15) is 0 Å². The number of fused-ring (bicyclic) bond motifs is 1. The van der Waals surface area contributed by atoms with Crippen molar-refractivity contribution in [3.8, 4) is 5.75 Å². The van der Waals surface area contributed by atoms with Crippen molar-refractivity contribution in [2.75, 3.05) is 12.4 Å². The van der Waals surface area contributed by atoms with Gasteiger partial charge in [-0.3, -0.25) is 0 Å². The minimum absolute atomic E-state index is 0.655. The van der Waals surface area contributed by atoms with Crippen LogP contribution in [0.3, 0.4) is 0 Å². The largest absolute Gasteiger partial charge is 0.493 e. The topological polar surface area (TPSA) is 34.4 Å². The van der Waals surface area contributed by atoms with Crippen LogP contribution in [0.1, 0.15) is 5.76 Å². The Morgan fingerprint density at radius 3 is 2.68 bits per heavy atom. The molecule has 3 aromatic rings. The third-order valence-electron chi connectivity index (χ3n) is 3.02. The van der Waals surface area contributed by atoms with Crippen molar-refractivity contribution in [1.29, 1.82) is 0 Å². The van der Waals surface area contributed by atoms with Crippen LogP contribution in [0, 0.1) is 0 Å². The number of ether oxygens (including phenoxy) is 1. The van der Waals surface area contributed by atoms with Crippen molar-refractivity contribution < 1.29 is 9.15 Å². The molecule has 0 saturated carbocycles. The molecule has 0 aliphatic carbocycles. The van der Waals surface area contributed by atoms with Gasteiger partial charge >= 0.3 is 0 Å². The van der Waals surface area contributed by atoms with E-state index in [2.05, 4.69) is 5.32 Å². The molecule has 0 unspecified atom stereocenters. The van der Waals surface area contributed by atoms with E-state index in [1.807, 2.05) is 54.6 Å². The maximum atomic E-state index is 5.82. The van der Waals surface area contributed by atoms with Crippen LogP contribution in [-0.2, 0) is 6.54 Å². The second kappa shape index (κ2) is 5.06. The number of hydrogen-bond donors (Lipinski definition) is 1. The quantitative estimate of drug-likeness (QED) is 0.761. The van der Waals surface area contributed by atoms with Gasteiger partial charge < -0.3 is 14.5 Å². The molecule has 0 saturated heterocycles. The Morgan fingerprint density at radius 2 is 1.89 bits per heavy atom. The first-order chi connectivity index (χ1) is 9.36. The average Bonchev–Trinajstić information content (AvgIpc) is 2.89. The van der Waals surface area contributed by atoms with Crippen LogP contribution in [0.4, 0.5) is 5.69 Å². The lowest BCUT2D eigenvalue weighted by Crippen LogP contribution is -1.97. The van der Waals surface area contributed by atoms with E-state index >= 15 is 0 Å². The Morgan fingerprint density at radius 1 is 1.05 bits per heavy atom. The molecule has 0 aliphatic heterocycles. The summed E-state index contributed by atoms with van der Waals surface area (Å²) >= 11 is 0. The first-order valence-electron chi connectivity index (χ1n) is 6.21. The minimum atomic E-state index is 0.655. The second-order valence-corrected chi connectivity index (χ2v) is 4.31. The molecule has 0 radical (unpaired) electrons. The van der Waals surface area contributed by atoms with Crippen LogP contribution >= 0.6 is 0 Å². The first-order valence-corrected chi connectivity index (χ1v) is 6.21. The number of benzene rings is 2. The Labute approximate surface area is 111 Å². The smallest absolute Gasteiger partial charge is 0.176 e. The van der Waals surface area contributed by atoms with E-state index in [4.69, 9.17) is 9.15 Å². The minimum Gasteiger partial charge on any atom is -0.493 e. The molecule has 2 aromatic carbocycles. The standard InChI is InChI=1S/C16H15NO2/c1-18-15-9-5-6-12-10-14(19-16(12)15)11-17-13-7-3-2-4-8-13/h2-10,17H,11H2,1H3. The molecule has 3 rings (SSSR count). The first kappa shape index (κ1) is 11.7. The van der Waals surface area contributed by atoms with Crippen molar-refractivity contribution in [2.24, 2.45) is 0 Å². The van der Waals surface area contributed by atoms with Crippen molar-refractivity contribution in [1.82, 2.24) is 0 Å². The SMILES string of the molecule is COc1cccc2cc(CNc3ccccc3)oc12. The molecule has 0 bridgehead atoms. The predicted molar refractivity (Wildman–Crippen MR) is 76.5 cm³/mol. The number of anilines is 1. The van der Waals surface area contributed by atoms with Gasteiger partial charge in [0.2, 0.25) is 0 Å². The maximum absolute atomic E-state index is 5.82. The third kappa shape index (κ3) is 2.40. The zero-order valence-corrected chi connectivity index (χ0v) is 10.7. The van der Waals surface area contributed by atoms with E-state index in [1.165, 1.54) is 0 Å². The van der Waals surface area contributed by atoms with Crippen LogP contribution < -0.4 is 10.1 Å². The number of furan rings is 1. The van der Waals surface area contributed by atoms with E-state index < -0.39 is 0 Å². The highest BCUT2D eigenvalue weighted by Crippen LogP contribution is 2.28. The molecular weight excluding hydrogens is 238 g/mol. The van der Waals surface area contributed by atoms with Crippen molar-refractivity contribution in [3.63, 3.8) is 0 Å². The van der Waals surface area contributed by atoms with E-state index in [0.717, 1.165) is 28.2 Å². The molecule has 19 heavy (non-hydrogen) atoms. The van der Waals surface area contributed by atoms with Crippen LogP contribution in [0.25, 0.3) is 11.0 Å². The molecular formula is C16H15NO2. The van der Waals surface area contributed by atoms with Crippen LogP contribution in [0.2, 0.25) is 0 Å². The molecule has 0 spiro atoms. The Kier molecular flexibility index (Phi) is 3.11. The van der Waals surface area contributed by atoms with Gasteiger partial charge in [-0.05, 0) is 24.3 Å². The molecule has 96 valence electrons. The highest BCUT2D eigenvalue weighted by atomic mass is 16.5. The van der Waals surface area contributed by atoms with Crippen LogP contribution in [0.5, 0.6) is 5.75 Å². The lowest BCUT2D eigenvalue weighted by atomic mass is 10.2. The van der Waals surface area contributed by atoms with Gasteiger partial charge in [-0.1, -0.05) is 30.3 Å². The Balaban J connectivity index is 1.82. The highest BCUT2D eigenvalue weighted by molar-refractivity contribution is 5.83. The van der Waals surface area contributed by atoms with E-state index in [0.29, 0.717) is 6.54 Å². The Hall–Kier alpha value is -2.42. The van der Waals surface area contributed by atoms with Gasteiger partial charge in [0.05, 0.1) is 13.7 Å². The predicted octanol–water partition coefficient (Wildman–Crippen LogP) is 4.05. The lowest BCUT2D eigenvalue weighted by molar-refractivity contribution is 0.408. The maximum Gasteiger partial charge on any atom is 0.176 e. The molecule has 0 fully saturated rings. The van der Waals surface area contributed by atoms with Crippen molar-refractivity contribution in [3.05, 3.63) is 60.4 Å². The molecule has 3 heteroatoms. The number of nitrogens with one attached hydrogen (secondary N) is 1. The Bertz CT molecular complexity index is 674. The van der Waals surface area contributed by atoms with Crippen LogP contribution in [-0.4, -0.2) is 7.11 Å². The summed E-state index contributed by atoms with van der Waals surface area (Å²) in [6.07, 6.45) is 0. The monoisotopic (exact) mass is 253 g/mol. The highest BCUT2D eigenvalue weighted by Gasteiger charge is 2.08. The number of methoxy groups -OCH3 is 1. The van der Waals surface area contributed by atoms with Crippen LogP contribution in [0.15, 0.2) is 59.0 Å². The summed E-state index contributed by atoms with van der Waals surface area (Å²) in [6, 6.07) is 18.0. The summed E-state index contributed by atoms with van der Waals surface area (Å²) in [6.45, 7) is 0.655. The summed E-state index contributed by atoms with van der Waals surface area (Å²) in [4.78, 5) is 0. The molecule has 1 N–H and O–H groups in total. The molecule has 1 heterocycles. The van der Waals surface area contributed by atoms with Gasteiger partial charge in [0.15, 0.2) is 11.3 Å². The lowest BCUT2D eigenvalue weighted by Gasteiger charge is -2.03. The van der Waals surface area contributed by atoms with Gasteiger partial charge in [0.1, 0.15) is 5.76 Å². The molecule has 3 nitrogen and oxygen atoms in total. The van der Waals surface area contributed by atoms with E-state index in [-0.39, 0.29) is 0 Å². The van der Waals surface area contributed by atoms with E-state index in [9.17, 15) is 0 Å². The summed E-state index contributed by atoms with van der Waals surface area (Å²) in [7, 11) is 1.65. The van der Waals surface area contributed by atoms with Gasteiger partial charge in [-0.25, -0.2) is 0 Å². The molecule has 1 aromatic heterocycles. The molecule has 0 amide bonds. The fourth-order valence-electron chi connectivity index (χ4n) is 2.08. The number of rotatable bonds is 4. The van der Waals surface area contributed by atoms with Gasteiger partial charge in [0, 0.05) is 11.1 Å². The number of para-hydroxylation sites is 2. The molecule has 0 aliphatic rings. The van der Waals surface area contributed by atoms with E-state index in [1.54, 1.807) is 7.11 Å². The second-order valence-electron chi connectivity index (χ2n) is 4.31. The molecule has 0 atom stereocenters. The third-order valence-corrected chi connectivity index (χ3v) is 3.02. The summed E-state index contributed by atoms with van der Waals surface area (Å²) in [5, 5.41) is 4.38. The van der Waals surface area contributed by atoms with Gasteiger partial charge in [-0.15, -0.1) is 0 Å².